The van der Waals surface area contributed by atoms with Gasteiger partial charge in [-0.15, -0.1) is 0 Å². The van der Waals surface area contributed by atoms with Gasteiger partial charge in [-0.2, -0.15) is 26.3 Å². The molecule has 0 amide bonds. The molecule has 18 heteroatoms. The van der Waals surface area contributed by atoms with Gasteiger partial charge in [0, 0.05) is 94.8 Å². The standard InChI is InChI=1S/C21H34F2N2O.C19H30ClNO.2C19H28F3NO/c1-20(24,18-6-8-19(9-7-18)21(2,22)23)12-15-25-13-10-17(11-14-25)5-4-16-26-3;1-15(21-11-8-16(9-12-21)10-13-22)14-19(2,3)17-4-6-18(20)7-5-17;1-14(23-11-9-17(24-4)10-12-23)13-18(2,3)15-5-7-16(8-6-15)19(20,21)22;1-14(23-10-8-15(13-24)9-11-23)12-18(2,3)16-4-6-17(7-5-16)19(20,21)22/h6-9,17H,4-5,10-16,24H2,1-3H3;4-7,15-16,22H,8-14H2,1-3H3;5-8,14,17H,9-13H2,1-4H3;4-7,14-15,24H,8-13H2,1-3H3. The lowest BCUT2D eigenvalue weighted by Gasteiger charge is -2.39. The summed E-state index contributed by atoms with van der Waals surface area (Å²) in [5.41, 5.74) is 8.82. The number of benzene rings is 4. The Morgan fingerprint density at radius 2 is 0.802 bits per heavy atom. The molecule has 4 aliphatic rings. The van der Waals surface area contributed by atoms with E-state index in [1.807, 2.05) is 19.1 Å². The molecule has 4 heterocycles. The molecule has 0 spiro atoms. The Kier molecular flexibility index (Phi) is 32.6. The van der Waals surface area contributed by atoms with Crippen molar-refractivity contribution in [2.75, 3.05) is 92.9 Å². The van der Waals surface area contributed by atoms with E-state index < -0.39 is 34.9 Å². The monoisotopic (exact) mass is 1380 g/mol. The number of aliphatic hydroxyl groups is 2. The third-order valence-electron chi connectivity index (χ3n) is 21.5. The van der Waals surface area contributed by atoms with E-state index in [1.54, 1.807) is 50.6 Å². The highest BCUT2D eigenvalue weighted by Gasteiger charge is 2.36. The Bertz CT molecular complexity index is 2690. The second-order valence-corrected chi connectivity index (χ2v) is 31.1. The lowest BCUT2D eigenvalue weighted by Crippen LogP contribution is -2.44. The first-order valence-electron chi connectivity index (χ1n) is 35.5. The minimum Gasteiger partial charge on any atom is -0.396 e. The summed E-state index contributed by atoms with van der Waals surface area (Å²) in [6, 6.07) is 27.3. The quantitative estimate of drug-likeness (QED) is 0.0443. The topological polar surface area (TPSA) is 97.9 Å². The molecule has 4 fully saturated rings. The summed E-state index contributed by atoms with van der Waals surface area (Å²) in [5, 5.41) is 19.1. The van der Waals surface area contributed by atoms with Gasteiger partial charge in [-0.3, -0.25) is 0 Å². The average molecular weight is 1380 g/mol. The van der Waals surface area contributed by atoms with Crippen LogP contribution in [0.2, 0.25) is 5.02 Å². The molecule has 0 saturated carbocycles. The van der Waals surface area contributed by atoms with Crippen LogP contribution in [0.25, 0.3) is 0 Å². The van der Waals surface area contributed by atoms with Crippen molar-refractivity contribution < 1.29 is 54.8 Å². The van der Waals surface area contributed by atoms with Crippen molar-refractivity contribution >= 4 is 11.6 Å². The SMILES string of the molecule is CC(CC(C)(C)c1ccc(C(F)(F)F)cc1)N1CCC(CO)CC1.CC(CC(C)(C)c1ccc(Cl)cc1)N1CCC(CCO)CC1.COC1CCN(C(C)CC(C)(C)c2ccc(C(F)(F)F)cc2)CC1.COCCCC1CCN(CCC(C)(N)c2ccc(C(C)(F)F)cc2)CC1. The highest BCUT2D eigenvalue weighted by Crippen LogP contribution is 2.39. The maximum absolute atomic E-state index is 13.4. The molecule has 0 radical (unpaired) electrons. The molecule has 9 nitrogen and oxygen atoms in total. The van der Waals surface area contributed by atoms with Crippen molar-refractivity contribution in [2.45, 2.75) is 237 Å². The summed E-state index contributed by atoms with van der Waals surface area (Å²) in [4.78, 5) is 9.98. The van der Waals surface area contributed by atoms with Crippen LogP contribution in [0.5, 0.6) is 0 Å². The molecule has 4 aromatic rings. The molecule has 4 N–H and O–H groups in total. The minimum atomic E-state index is -4.28. The van der Waals surface area contributed by atoms with Crippen molar-refractivity contribution in [3.05, 3.63) is 141 Å². The van der Waals surface area contributed by atoms with Gasteiger partial charge >= 0.3 is 12.4 Å². The van der Waals surface area contributed by atoms with Gasteiger partial charge in [0.05, 0.1) is 17.2 Å². The van der Waals surface area contributed by atoms with E-state index in [0.29, 0.717) is 36.8 Å². The van der Waals surface area contributed by atoms with Gasteiger partial charge in [-0.25, -0.2) is 8.78 Å². The summed E-state index contributed by atoms with van der Waals surface area (Å²) >= 11 is 6.00. The van der Waals surface area contributed by atoms with Crippen LogP contribution in [-0.2, 0) is 49.5 Å². The molecule has 0 aliphatic carbocycles. The van der Waals surface area contributed by atoms with Gasteiger partial charge < -0.3 is 45.0 Å². The largest absolute Gasteiger partial charge is 0.416 e. The number of nitrogens with two attached hydrogens (primary N) is 1. The second-order valence-electron chi connectivity index (χ2n) is 30.6. The summed E-state index contributed by atoms with van der Waals surface area (Å²) in [5.74, 6) is -0.861. The first-order chi connectivity index (χ1) is 44.9. The fraction of sp³-hybridized carbons (Fsp3) is 0.692. The maximum Gasteiger partial charge on any atom is 0.416 e. The van der Waals surface area contributed by atoms with Gasteiger partial charge in [-0.05, 0) is 256 Å². The molecule has 96 heavy (non-hydrogen) atoms. The van der Waals surface area contributed by atoms with Gasteiger partial charge in [0.1, 0.15) is 0 Å². The molecule has 4 atom stereocenters. The highest BCUT2D eigenvalue weighted by atomic mass is 35.5. The van der Waals surface area contributed by atoms with Crippen LogP contribution in [-0.4, -0.2) is 147 Å². The van der Waals surface area contributed by atoms with Gasteiger partial charge in [0.2, 0.25) is 0 Å². The van der Waals surface area contributed by atoms with Crippen LogP contribution in [0.4, 0.5) is 35.1 Å². The Labute approximate surface area is 577 Å². The molecular formula is C78H120ClF8N5O4. The molecule has 0 aromatic heterocycles. The van der Waals surface area contributed by atoms with E-state index in [0.717, 1.165) is 157 Å². The van der Waals surface area contributed by atoms with Crippen LogP contribution in [0.15, 0.2) is 97.1 Å². The summed E-state index contributed by atoms with van der Waals surface area (Å²) < 4.78 is 114. The van der Waals surface area contributed by atoms with E-state index in [2.05, 4.69) is 94.0 Å². The molecule has 544 valence electrons. The molecule has 8 rings (SSSR count). The average Bonchev–Trinajstić information content (AvgIpc) is 0.841. The highest BCUT2D eigenvalue weighted by molar-refractivity contribution is 6.30. The zero-order chi connectivity index (χ0) is 71.3. The zero-order valence-corrected chi connectivity index (χ0v) is 61.1. The molecular weight excluding hydrogens is 1260 g/mol. The third kappa shape index (κ3) is 27.0. The number of nitrogens with zero attached hydrogens (tertiary/aromatic N) is 4. The summed E-state index contributed by atoms with van der Waals surface area (Å²) in [6.45, 7) is 33.7. The minimum absolute atomic E-state index is 0.0348. The smallest absolute Gasteiger partial charge is 0.396 e. The lowest BCUT2D eigenvalue weighted by molar-refractivity contribution is -0.138. The zero-order valence-electron chi connectivity index (χ0n) is 60.3. The Morgan fingerprint density at radius 1 is 0.469 bits per heavy atom. The number of likely N-dealkylation sites (tertiary alicyclic amines) is 4. The first-order valence-corrected chi connectivity index (χ1v) is 35.9. The van der Waals surface area contributed by atoms with Crippen LogP contribution >= 0.6 is 11.6 Å². The lowest BCUT2D eigenvalue weighted by atomic mass is 9.78. The van der Waals surface area contributed by atoms with Crippen molar-refractivity contribution in [3.63, 3.8) is 0 Å². The number of hydrogen-bond acceptors (Lipinski definition) is 9. The van der Waals surface area contributed by atoms with Crippen LogP contribution in [0.1, 0.15) is 211 Å². The van der Waals surface area contributed by atoms with E-state index >= 15 is 0 Å². The number of rotatable bonds is 25. The van der Waals surface area contributed by atoms with Crippen molar-refractivity contribution in [3.8, 4) is 0 Å². The summed E-state index contributed by atoms with van der Waals surface area (Å²) in [6.07, 6.45) is 8.01. The number of ether oxygens (including phenoxy) is 2. The molecule has 4 unspecified atom stereocenters. The number of halogens is 9. The number of piperidine rings is 4. The van der Waals surface area contributed by atoms with E-state index in [9.17, 15) is 40.2 Å². The normalized spacial score (nSPS) is 19.4. The Morgan fingerprint density at radius 3 is 1.16 bits per heavy atom. The molecule has 0 bridgehead atoms. The van der Waals surface area contributed by atoms with Crippen LogP contribution in [0, 0.1) is 17.8 Å². The Balaban J connectivity index is 0.000000232. The first kappa shape index (κ1) is 82.9. The van der Waals surface area contributed by atoms with Crippen molar-refractivity contribution in [1.82, 2.24) is 19.6 Å². The van der Waals surface area contributed by atoms with Crippen molar-refractivity contribution in [1.29, 1.82) is 0 Å². The van der Waals surface area contributed by atoms with Crippen LogP contribution in [0.3, 0.4) is 0 Å². The second kappa shape index (κ2) is 37.8. The summed E-state index contributed by atoms with van der Waals surface area (Å²) in [7, 11) is 3.52. The maximum atomic E-state index is 13.4. The fourth-order valence-corrected chi connectivity index (χ4v) is 14.9. The third-order valence-corrected chi connectivity index (χ3v) is 21.7. The number of methoxy groups -OCH3 is 2. The van der Waals surface area contributed by atoms with E-state index in [-0.39, 0.29) is 28.4 Å². The Hall–Kier alpha value is -3.75. The predicted molar refractivity (Wildman–Crippen MR) is 377 cm³/mol. The number of alkyl halides is 8. The molecule has 4 aliphatic heterocycles. The molecule has 4 aromatic carbocycles. The number of hydrogen-bond donors (Lipinski definition) is 3. The predicted octanol–water partition coefficient (Wildman–Crippen LogP) is 18.3. The molecule has 4 saturated heterocycles. The van der Waals surface area contributed by atoms with Gasteiger partial charge in [0.15, 0.2) is 0 Å². The van der Waals surface area contributed by atoms with E-state index in [1.165, 1.54) is 87.2 Å². The fourth-order valence-electron chi connectivity index (χ4n) is 14.8. The van der Waals surface area contributed by atoms with Gasteiger partial charge in [-0.1, -0.05) is 114 Å². The van der Waals surface area contributed by atoms with Crippen molar-refractivity contribution in [2.24, 2.45) is 23.5 Å². The van der Waals surface area contributed by atoms with Crippen LogP contribution < -0.4 is 5.73 Å². The van der Waals surface area contributed by atoms with Gasteiger partial charge in [0.25, 0.3) is 5.92 Å². The van der Waals surface area contributed by atoms with E-state index in [4.69, 9.17) is 31.9 Å². The number of aliphatic hydroxyl groups excluding tert-OH is 2.